The Kier molecular flexibility index (Phi) is 5.99. The van der Waals surface area contributed by atoms with Crippen molar-refractivity contribution in [3.8, 4) is 0 Å². The number of fused-ring (bicyclic) bond motifs is 1. The molecule has 0 fully saturated rings. The van der Waals surface area contributed by atoms with Gasteiger partial charge in [0.05, 0.1) is 16.8 Å². The van der Waals surface area contributed by atoms with Crippen LogP contribution in [0.25, 0.3) is 10.8 Å². The van der Waals surface area contributed by atoms with Crippen molar-refractivity contribution in [3.63, 3.8) is 0 Å². The lowest BCUT2D eigenvalue weighted by Gasteiger charge is -2.30. The molecule has 0 aliphatic carbocycles. The molecule has 0 amide bonds. The van der Waals surface area contributed by atoms with E-state index < -0.39 is 59.2 Å². The quantitative estimate of drug-likeness (QED) is 0.307. The molecule has 0 saturated carbocycles. The summed E-state index contributed by atoms with van der Waals surface area (Å²) in [5.74, 6) is 0. The second-order valence-corrected chi connectivity index (χ2v) is 8.05. The third-order valence-corrected chi connectivity index (χ3v) is 5.79. The zero-order valence-corrected chi connectivity index (χ0v) is 17.6. The second kappa shape index (κ2) is 8.37. The van der Waals surface area contributed by atoms with E-state index in [0.717, 1.165) is 0 Å². The first kappa shape index (κ1) is 25.8. The van der Waals surface area contributed by atoms with Crippen LogP contribution < -0.4 is 0 Å². The molecule has 0 radical (unpaired) electrons. The van der Waals surface area contributed by atoms with Crippen molar-refractivity contribution in [2.45, 2.75) is 36.8 Å². The van der Waals surface area contributed by atoms with Crippen molar-refractivity contribution in [3.05, 3.63) is 82.4 Å². The first-order chi connectivity index (χ1) is 16.5. The van der Waals surface area contributed by atoms with Crippen LogP contribution >= 0.6 is 0 Å². The van der Waals surface area contributed by atoms with Gasteiger partial charge in [-0.1, -0.05) is 41.6 Å². The summed E-state index contributed by atoms with van der Waals surface area (Å²) < 4.78 is 123. The lowest BCUT2D eigenvalue weighted by Crippen LogP contribution is -2.43. The first-order valence-electron chi connectivity index (χ1n) is 10.0. The molecule has 2 N–H and O–H groups in total. The number of rotatable bonds is 3. The van der Waals surface area contributed by atoms with E-state index in [1.807, 2.05) is 0 Å². The van der Waals surface area contributed by atoms with E-state index in [9.17, 15) is 49.7 Å². The Morgan fingerprint density at radius 1 is 0.778 bits per heavy atom. The number of aliphatic hydroxyl groups excluding tert-OH is 1. The topological polar surface area (TPSA) is 62.0 Å². The van der Waals surface area contributed by atoms with E-state index in [4.69, 9.17) is 0 Å². The molecule has 0 saturated heterocycles. The average molecular weight is 523 g/mol. The minimum atomic E-state index is -5.47. The second-order valence-electron chi connectivity index (χ2n) is 8.05. The monoisotopic (exact) mass is 523 g/mol. The molecule has 1 aliphatic rings. The smallest absolute Gasteiger partial charge is 0.374 e. The van der Waals surface area contributed by atoms with Crippen LogP contribution in [0.4, 0.5) is 39.5 Å². The minimum absolute atomic E-state index is 0.0173. The minimum Gasteiger partial charge on any atom is -0.374 e. The fourth-order valence-corrected chi connectivity index (χ4v) is 4.04. The molecule has 0 aromatic heterocycles. The molecule has 0 bridgehead atoms. The number of alkyl halides is 9. The normalized spacial score (nSPS) is 19.1. The lowest BCUT2D eigenvalue weighted by atomic mass is 9.83. The van der Waals surface area contributed by atoms with Gasteiger partial charge in [0, 0.05) is 23.1 Å². The summed E-state index contributed by atoms with van der Waals surface area (Å²) in [6.45, 7) is 0. The Labute approximate surface area is 196 Å². The van der Waals surface area contributed by atoms with Crippen LogP contribution in [0.1, 0.15) is 40.5 Å². The molecular weight excluding hydrogens is 509 g/mol. The van der Waals surface area contributed by atoms with Gasteiger partial charge in [-0.05, 0) is 29.0 Å². The highest BCUT2D eigenvalue weighted by Crippen LogP contribution is 2.51. The van der Waals surface area contributed by atoms with Crippen molar-refractivity contribution >= 4 is 16.5 Å². The zero-order valence-electron chi connectivity index (χ0n) is 17.6. The van der Waals surface area contributed by atoms with E-state index in [1.165, 1.54) is 36.4 Å². The predicted octanol–water partition coefficient (Wildman–Crippen LogP) is 6.44. The highest BCUT2D eigenvalue weighted by molar-refractivity contribution is 6.12. The van der Waals surface area contributed by atoms with Gasteiger partial charge in [-0.2, -0.15) is 39.5 Å². The molecule has 3 aromatic rings. The van der Waals surface area contributed by atoms with Crippen LogP contribution in [-0.2, 0) is 22.8 Å². The molecule has 1 aliphatic heterocycles. The SMILES string of the molecule is OC(O)c1ccc(C2=NOC(c3cc(C(F)(F)F)cc(C(F)(F)F)c3)(C(F)(F)F)C2)c2ccccc12. The summed E-state index contributed by atoms with van der Waals surface area (Å²) >= 11 is 0. The molecule has 4 rings (SSSR count). The van der Waals surface area contributed by atoms with Crippen LogP contribution in [0.3, 0.4) is 0 Å². The van der Waals surface area contributed by atoms with Gasteiger partial charge in [0.2, 0.25) is 0 Å². The third-order valence-electron chi connectivity index (χ3n) is 5.79. The Hall–Kier alpha value is -3.32. The highest BCUT2D eigenvalue weighted by atomic mass is 19.4. The van der Waals surface area contributed by atoms with Crippen LogP contribution in [0, 0.1) is 0 Å². The highest BCUT2D eigenvalue weighted by Gasteiger charge is 2.63. The summed E-state index contributed by atoms with van der Waals surface area (Å²) in [7, 11) is 0. The molecule has 1 heterocycles. The van der Waals surface area contributed by atoms with Gasteiger partial charge >= 0.3 is 18.5 Å². The van der Waals surface area contributed by atoms with Crippen molar-refractivity contribution in [1.82, 2.24) is 0 Å². The first-order valence-corrected chi connectivity index (χ1v) is 10.0. The number of hydrogen-bond donors (Lipinski definition) is 2. The number of benzene rings is 3. The van der Waals surface area contributed by atoms with Gasteiger partial charge in [-0.15, -0.1) is 0 Å². The largest absolute Gasteiger partial charge is 0.435 e. The van der Waals surface area contributed by atoms with Gasteiger partial charge in [0.15, 0.2) is 6.29 Å². The third kappa shape index (κ3) is 4.37. The molecule has 1 atom stereocenters. The number of halogens is 9. The maximum atomic E-state index is 14.3. The molecule has 36 heavy (non-hydrogen) atoms. The molecular formula is C23H14F9NO3. The van der Waals surface area contributed by atoms with Gasteiger partial charge in [-0.25, -0.2) is 0 Å². The summed E-state index contributed by atoms with van der Waals surface area (Å²) in [6.07, 6.45) is -19.4. The maximum Gasteiger partial charge on any atom is 0.435 e. The van der Waals surface area contributed by atoms with E-state index >= 15 is 0 Å². The molecule has 192 valence electrons. The summed E-state index contributed by atoms with van der Waals surface area (Å²) in [4.78, 5) is 4.65. The van der Waals surface area contributed by atoms with E-state index in [0.29, 0.717) is 0 Å². The Morgan fingerprint density at radius 2 is 1.33 bits per heavy atom. The fourth-order valence-electron chi connectivity index (χ4n) is 4.04. The maximum absolute atomic E-state index is 14.3. The molecule has 4 nitrogen and oxygen atoms in total. The van der Waals surface area contributed by atoms with E-state index in [1.54, 1.807) is 0 Å². The van der Waals surface area contributed by atoms with Crippen LogP contribution in [-0.4, -0.2) is 22.1 Å². The molecule has 1 unspecified atom stereocenters. The van der Waals surface area contributed by atoms with Gasteiger partial charge < -0.3 is 15.1 Å². The van der Waals surface area contributed by atoms with Gasteiger partial charge in [0.25, 0.3) is 5.60 Å². The van der Waals surface area contributed by atoms with Crippen LogP contribution in [0.15, 0.2) is 59.8 Å². The fraction of sp³-hybridized carbons (Fsp3) is 0.261. The van der Waals surface area contributed by atoms with E-state index in [-0.39, 0.29) is 40.1 Å². The number of nitrogens with zero attached hydrogens (tertiary/aromatic N) is 1. The van der Waals surface area contributed by atoms with Crippen molar-refractivity contribution in [2.75, 3.05) is 0 Å². The van der Waals surface area contributed by atoms with Crippen LogP contribution in [0.2, 0.25) is 0 Å². The van der Waals surface area contributed by atoms with E-state index in [2.05, 4.69) is 9.99 Å². The predicted molar refractivity (Wildman–Crippen MR) is 108 cm³/mol. The van der Waals surface area contributed by atoms with Gasteiger partial charge in [-0.3, -0.25) is 0 Å². The summed E-state index contributed by atoms with van der Waals surface area (Å²) in [6, 6.07) is 7.94. The van der Waals surface area contributed by atoms with Crippen molar-refractivity contribution < 1.29 is 54.6 Å². The van der Waals surface area contributed by atoms with Crippen molar-refractivity contribution in [2.24, 2.45) is 5.16 Å². The number of hydrogen-bond acceptors (Lipinski definition) is 4. The van der Waals surface area contributed by atoms with Gasteiger partial charge in [0.1, 0.15) is 0 Å². The lowest BCUT2D eigenvalue weighted by molar-refractivity contribution is -0.276. The van der Waals surface area contributed by atoms with Crippen LogP contribution in [0.5, 0.6) is 0 Å². The number of oxime groups is 1. The summed E-state index contributed by atoms with van der Waals surface area (Å²) in [5.41, 5.74) is -9.29. The Morgan fingerprint density at radius 3 is 1.83 bits per heavy atom. The number of aliphatic hydroxyl groups is 2. The average Bonchev–Trinajstić information content (AvgIpc) is 3.23. The molecule has 13 heteroatoms. The Bertz CT molecular complexity index is 1310. The standard InChI is InChI=1S/C23H14F9NO3/c24-21(25,26)12-7-11(8-13(9-12)22(27,28)29)20(23(30,31)32)10-18(33-36-20)16-5-6-17(19(34)35)15-4-2-1-3-14(15)16/h1-9,19,34-35H,10H2. The molecule has 3 aromatic carbocycles. The zero-order chi connectivity index (χ0) is 26.7. The molecule has 0 spiro atoms. The summed E-state index contributed by atoms with van der Waals surface area (Å²) in [5, 5.41) is 23.0. The van der Waals surface area contributed by atoms with Crippen molar-refractivity contribution in [1.29, 1.82) is 0 Å². The Balaban J connectivity index is 1.88.